The van der Waals surface area contributed by atoms with E-state index in [9.17, 15) is 9.59 Å². The molecule has 1 aromatic rings. The van der Waals surface area contributed by atoms with Crippen LogP contribution in [0.1, 0.15) is 43.0 Å². The minimum absolute atomic E-state index is 0.0174. The van der Waals surface area contributed by atoms with Crippen LogP contribution >= 0.6 is 0 Å². The Hall–Kier alpha value is -2.50. The van der Waals surface area contributed by atoms with Crippen molar-refractivity contribution in [1.82, 2.24) is 10.2 Å². The van der Waals surface area contributed by atoms with Gasteiger partial charge >= 0.3 is 0 Å². The van der Waals surface area contributed by atoms with Gasteiger partial charge in [0.1, 0.15) is 6.61 Å². The van der Waals surface area contributed by atoms with Gasteiger partial charge in [0, 0.05) is 31.1 Å². The molecule has 0 bridgehead atoms. The summed E-state index contributed by atoms with van der Waals surface area (Å²) >= 11 is 0. The third kappa shape index (κ3) is 5.25. The molecule has 1 unspecified atom stereocenters. The molecule has 1 aromatic carbocycles. The van der Waals surface area contributed by atoms with Gasteiger partial charge in [0.25, 0.3) is 5.91 Å². The van der Waals surface area contributed by atoms with E-state index in [-0.39, 0.29) is 17.9 Å². The maximum Gasteiger partial charge on any atom is 0.254 e. The summed E-state index contributed by atoms with van der Waals surface area (Å²) in [6, 6.07) is 5.19. The molecule has 1 aliphatic heterocycles. The number of carbonyl (C=O) groups excluding carboxylic acids is 2. The van der Waals surface area contributed by atoms with Gasteiger partial charge in [-0.3, -0.25) is 9.59 Å². The van der Waals surface area contributed by atoms with E-state index in [1.807, 2.05) is 6.92 Å². The molecule has 0 aliphatic carbocycles. The molecule has 1 N–H and O–H groups in total. The van der Waals surface area contributed by atoms with Gasteiger partial charge < -0.3 is 19.7 Å². The highest BCUT2D eigenvalue weighted by Crippen LogP contribution is 2.29. The van der Waals surface area contributed by atoms with Crippen LogP contribution in [-0.4, -0.2) is 49.6 Å². The Bertz CT molecular complexity index is 645. The quantitative estimate of drug-likeness (QED) is 0.724. The van der Waals surface area contributed by atoms with E-state index >= 15 is 0 Å². The molecular weight excluding hydrogens is 332 g/mol. The molecule has 0 spiro atoms. The van der Waals surface area contributed by atoms with E-state index in [4.69, 9.17) is 9.47 Å². The van der Waals surface area contributed by atoms with Gasteiger partial charge in [0.2, 0.25) is 5.91 Å². The number of methoxy groups -OCH3 is 1. The van der Waals surface area contributed by atoms with Crippen molar-refractivity contribution in [3.8, 4) is 11.5 Å². The van der Waals surface area contributed by atoms with Crippen molar-refractivity contribution in [1.29, 1.82) is 0 Å². The number of likely N-dealkylation sites (tertiary alicyclic amines) is 1. The van der Waals surface area contributed by atoms with Gasteiger partial charge in [0.15, 0.2) is 11.5 Å². The van der Waals surface area contributed by atoms with Gasteiger partial charge in [0.05, 0.1) is 7.11 Å². The minimum atomic E-state index is -0.0620. The number of amides is 2. The monoisotopic (exact) mass is 360 g/mol. The summed E-state index contributed by atoms with van der Waals surface area (Å²) in [4.78, 5) is 26.5. The Morgan fingerprint density at radius 3 is 2.88 bits per heavy atom. The van der Waals surface area contributed by atoms with E-state index in [2.05, 4.69) is 11.9 Å². The molecule has 1 atom stereocenters. The third-order valence-electron chi connectivity index (χ3n) is 4.32. The zero-order valence-electron chi connectivity index (χ0n) is 15.6. The SMILES string of the molecule is C=CCOc1ccc(C(=O)N2CCCC(NC(=O)CCC)C2)cc1OC. The first-order chi connectivity index (χ1) is 12.6. The second-order valence-corrected chi connectivity index (χ2v) is 6.37. The number of benzene rings is 1. The van der Waals surface area contributed by atoms with Crippen molar-refractivity contribution in [2.24, 2.45) is 0 Å². The van der Waals surface area contributed by atoms with Crippen LogP contribution in [-0.2, 0) is 4.79 Å². The molecule has 1 fully saturated rings. The zero-order valence-corrected chi connectivity index (χ0v) is 15.6. The predicted molar refractivity (Wildman–Crippen MR) is 101 cm³/mol. The smallest absolute Gasteiger partial charge is 0.254 e. The molecule has 26 heavy (non-hydrogen) atoms. The number of rotatable bonds is 8. The fraction of sp³-hybridized carbons (Fsp3) is 0.500. The molecule has 2 amide bonds. The number of hydrogen-bond donors (Lipinski definition) is 1. The lowest BCUT2D eigenvalue weighted by atomic mass is 10.0. The first-order valence-electron chi connectivity index (χ1n) is 9.09. The highest BCUT2D eigenvalue weighted by Gasteiger charge is 2.26. The van der Waals surface area contributed by atoms with E-state index in [0.29, 0.717) is 43.2 Å². The van der Waals surface area contributed by atoms with Crippen molar-refractivity contribution in [3.63, 3.8) is 0 Å². The van der Waals surface area contributed by atoms with E-state index in [1.165, 1.54) is 0 Å². The lowest BCUT2D eigenvalue weighted by Gasteiger charge is -2.33. The van der Waals surface area contributed by atoms with Gasteiger partial charge in [-0.2, -0.15) is 0 Å². The molecular formula is C20H28N2O4. The number of ether oxygens (including phenoxy) is 2. The molecule has 1 heterocycles. The number of piperidine rings is 1. The van der Waals surface area contributed by atoms with Crippen molar-refractivity contribution < 1.29 is 19.1 Å². The standard InChI is InChI=1S/C20H28N2O4/c1-4-7-19(23)21-16-8-6-11-22(14-16)20(24)15-9-10-17(26-12-5-2)18(13-15)25-3/h5,9-10,13,16H,2,4,6-8,11-12,14H2,1,3H3,(H,21,23). The molecule has 2 rings (SSSR count). The topological polar surface area (TPSA) is 67.9 Å². The van der Waals surface area contributed by atoms with Crippen molar-refractivity contribution in [2.45, 2.75) is 38.6 Å². The normalized spacial score (nSPS) is 16.7. The van der Waals surface area contributed by atoms with Crippen LogP contribution in [0.3, 0.4) is 0 Å². The van der Waals surface area contributed by atoms with Crippen LogP contribution in [0, 0.1) is 0 Å². The first-order valence-corrected chi connectivity index (χ1v) is 9.09. The summed E-state index contributed by atoms with van der Waals surface area (Å²) in [5, 5.41) is 3.02. The minimum Gasteiger partial charge on any atom is -0.493 e. The predicted octanol–water partition coefficient (Wildman–Crippen LogP) is 2.78. The lowest BCUT2D eigenvalue weighted by Crippen LogP contribution is -2.49. The molecule has 142 valence electrons. The molecule has 0 aromatic heterocycles. The summed E-state index contributed by atoms with van der Waals surface area (Å²) in [6.07, 6.45) is 4.77. The van der Waals surface area contributed by atoms with Crippen molar-refractivity contribution >= 4 is 11.8 Å². The van der Waals surface area contributed by atoms with Gasteiger partial charge in [-0.1, -0.05) is 19.6 Å². The molecule has 0 radical (unpaired) electrons. The zero-order chi connectivity index (χ0) is 18.9. The fourth-order valence-electron chi connectivity index (χ4n) is 3.06. The second-order valence-electron chi connectivity index (χ2n) is 6.37. The van der Waals surface area contributed by atoms with Gasteiger partial charge in [-0.05, 0) is 37.5 Å². The Labute approximate surface area is 155 Å². The summed E-state index contributed by atoms with van der Waals surface area (Å²) in [5.41, 5.74) is 0.549. The maximum atomic E-state index is 12.9. The second kappa shape index (κ2) is 9.85. The fourth-order valence-corrected chi connectivity index (χ4v) is 3.06. The van der Waals surface area contributed by atoms with Gasteiger partial charge in [-0.15, -0.1) is 0 Å². The average molecular weight is 360 g/mol. The number of hydrogen-bond acceptors (Lipinski definition) is 4. The number of nitrogens with zero attached hydrogens (tertiary/aromatic N) is 1. The van der Waals surface area contributed by atoms with Gasteiger partial charge in [-0.25, -0.2) is 0 Å². The Morgan fingerprint density at radius 2 is 2.19 bits per heavy atom. The Morgan fingerprint density at radius 1 is 1.38 bits per heavy atom. The molecule has 6 nitrogen and oxygen atoms in total. The Balaban J connectivity index is 2.05. The van der Waals surface area contributed by atoms with Crippen LogP contribution in [0.25, 0.3) is 0 Å². The number of nitrogens with one attached hydrogen (secondary N) is 1. The lowest BCUT2D eigenvalue weighted by molar-refractivity contribution is -0.122. The van der Waals surface area contributed by atoms with Crippen LogP contribution in [0.5, 0.6) is 11.5 Å². The number of carbonyl (C=O) groups is 2. The largest absolute Gasteiger partial charge is 0.493 e. The summed E-state index contributed by atoms with van der Waals surface area (Å²) in [7, 11) is 1.55. The van der Waals surface area contributed by atoms with E-state index < -0.39 is 0 Å². The average Bonchev–Trinajstić information content (AvgIpc) is 2.66. The summed E-state index contributed by atoms with van der Waals surface area (Å²) < 4.78 is 10.9. The summed E-state index contributed by atoms with van der Waals surface area (Å²) in [6.45, 7) is 7.19. The molecule has 1 aliphatic rings. The Kier molecular flexibility index (Phi) is 7.51. The van der Waals surface area contributed by atoms with Crippen molar-refractivity contribution in [2.75, 3.05) is 26.8 Å². The highest BCUT2D eigenvalue weighted by molar-refractivity contribution is 5.95. The summed E-state index contributed by atoms with van der Waals surface area (Å²) in [5.74, 6) is 1.08. The van der Waals surface area contributed by atoms with E-state index in [1.54, 1.807) is 36.3 Å². The van der Waals surface area contributed by atoms with Crippen LogP contribution in [0.2, 0.25) is 0 Å². The van der Waals surface area contributed by atoms with Crippen LogP contribution < -0.4 is 14.8 Å². The third-order valence-corrected chi connectivity index (χ3v) is 4.32. The highest BCUT2D eigenvalue weighted by atomic mass is 16.5. The molecule has 0 saturated carbocycles. The molecule has 6 heteroatoms. The van der Waals surface area contributed by atoms with Crippen LogP contribution in [0.4, 0.5) is 0 Å². The van der Waals surface area contributed by atoms with Crippen LogP contribution in [0.15, 0.2) is 30.9 Å². The van der Waals surface area contributed by atoms with E-state index in [0.717, 1.165) is 19.3 Å². The molecule has 1 saturated heterocycles. The first kappa shape index (κ1) is 19.8. The van der Waals surface area contributed by atoms with Crippen molar-refractivity contribution in [3.05, 3.63) is 36.4 Å². The maximum absolute atomic E-state index is 12.9.